The Morgan fingerprint density at radius 3 is 2.53 bits per heavy atom. The van der Waals surface area contributed by atoms with Crippen molar-refractivity contribution in [1.82, 2.24) is 5.43 Å². The Morgan fingerprint density at radius 2 is 2.00 bits per heavy atom. The molecule has 0 aliphatic heterocycles. The van der Waals surface area contributed by atoms with E-state index in [2.05, 4.69) is 30.3 Å². The molecule has 3 heteroatoms. The van der Waals surface area contributed by atoms with Crippen molar-refractivity contribution < 1.29 is 0 Å². The van der Waals surface area contributed by atoms with Crippen molar-refractivity contribution >= 4 is 5.84 Å². The van der Waals surface area contributed by atoms with Gasteiger partial charge in [0.1, 0.15) is 5.84 Å². The zero-order chi connectivity index (χ0) is 11.4. The van der Waals surface area contributed by atoms with Crippen LogP contribution >= 0.6 is 0 Å². The van der Waals surface area contributed by atoms with E-state index in [0.717, 1.165) is 11.4 Å². The van der Waals surface area contributed by atoms with E-state index in [4.69, 9.17) is 5.84 Å². The molecule has 15 heavy (non-hydrogen) atoms. The van der Waals surface area contributed by atoms with Crippen molar-refractivity contribution in [3.63, 3.8) is 0 Å². The molecular weight excluding hydrogens is 186 g/mol. The highest BCUT2D eigenvalue weighted by Gasteiger charge is 2.07. The number of rotatable bonds is 2. The molecule has 0 aliphatic carbocycles. The van der Waals surface area contributed by atoms with Crippen LogP contribution < -0.4 is 11.3 Å². The lowest BCUT2D eigenvalue weighted by Crippen LogP contribution is -2.32. The Balaban J connectivity index is 3.19. The second kappa shape index (κ2) is 4.94. The first kappa shape index (κ1) is 11.7. The van der Waals surface area contributed by atoms with Crippen LogP contribution in [0.4, 0.5) is 0 Å². The van der Waals surface area contributed by atoms with Crippen LogP contribution in [-0.2, 0) is 0 Å². The summed E-state index contributed by atoms with van der Waals surface area (Å²) >= 11 is 0. The van der Waals surface area contributed by atoms with Crippen molar-refractivity contribution in [3.05, 3.63) is 34.9 Å². The number of aliphatic imine (C=N–C) groups is 1. The number of nitrogens with one attached hydrogen (secondary N) is 1. The zero-order valence-electron chi connectivity index (χ0n) is 9.83. The number of nitrogens with two attached hydrogens (primary N) is 1. The molecule has 1 aromatic carbocycles. The maximum Gasteiger partial charge on any atom is 0.143 e. The van der Waals surface area contributed by atoms with Gasteiger partial charge in [0.15, 0.2) is 0 Å². The van der Waals surface area contributed by atoms with Gasteiger partial charge >= 0.3 is 0 Å². The lowest BCUT2D eigenvalue weighted by Gasteiger charge is -2.12. The third-order valence-electron chi connectivity index (χ3n) is 2.38. The maximum atomic E-state index is 5.49. The summed E-state index contributed by atoms with van der Waals surface area (Å²) < 4.78 is 0. The summed E-state index contributed by atoms with van der Waals surface area (Å²) in [6.07, 6.45) is 0. The van der Waals surface area contributed by atoms with E-state index >= 15 is 0 Å². The van der Waals surface area contributed by atoms with Crippen LogP contribution in [0.15, 0.2) is 23.2 Å². The molecule has 0 radical (unpaired) electrons. The van der Waals surface area contributed by atoms with Gasteiger partial charge in [0, 0.05) is 11.6 Å². The molecule has 0 saturated carbocycles. The monoisotopic (exact) mass is 205 g/mol. The molecule has 0 fully saturated rings. The van der Waals surface area contributed by atoms with Crippen LogP contribution in [0, 0.1) is 13.8 Å². The van der Waals surface area contributed by atoms with Crippen LogP contribution in [0.1, 0.15) is 30.5 Å². The highest BCUT2D eigenvalue weighted by Crippen LogP contribution is 2.13. The largest absolute Gasteiger partial charge is 0.308 e. The van der Waals surface area contributed by atoms with Crippen molar-refractivity contribution in [2.24, 2.45) is 10.8 Å². The molecule has 0 amide bonds. The number of hydrogen-bond acceptors (Lipinski definition) is 2. The highest BCUT2D eigenvalue weighted by molar-refractivity contribution is 6.00. The lowest BCUT2D eigenvalue weighted by atomic mass is 10.0. The third-order valence-corrected chi connectivity index (χ3v) is 2.38. The topological polar surface area (TPSA) is 50.4 Å². The number of benzene rings is 1. The van der Waals surface area contributed by atoms with E-state index in [-0.39, 0.29) is 6.04 Å². The number of nitrogens with zero attached hydrogens (tertiary/aromatic N) is 1. The lowest BCUT2D eigenvalue weighted by molar-refractivity contribution is 0.820. The van der Waals surface area contributed by atoms with Gasteiger partial charge in [0.05, 0.1) is 0 Å². The quantitative estimate of drug-likeness (QED) is 0.335. The van der Waals surface area contributed by atoms with Crippen molar-refractivity contribution in [1.29, 1.82) is 0 Å². The van der Waals surface area contributed by atoms with Crippen molar-refractivity contribution in [3.8, 4) is 0 Å². The minimum Gasteiger partial charge on any atom is -0.308 e. The normalized spacial score (nSPS) is 12.0. The molecule has 82 valence electrons. The van der Waals surface area contributed by atoms with Crippen molar-refractivity contribution in [2.45, 2.75) is 33.7 Å². The smallest absolute Gasteiger partial charge is 0.143 e. The Hall–Kier alpha value is -1.35. The van der Waals surface area contributed by atoms with E-state index in [1.54, 1.807) is 0 Å². The SMILES string of the molecule is Cc1cccc(C(=NC(C)C)NN)c1C. The molecule has 0 unspecified atom stereocenters. The predicted molar refractivity (Wildman–Crippen MR) is 64.9 cm³/mol. The van der Waals surface area contributed by atoms with Gasteiger partial charge in [-0.05, 0) is 38.8 Å². The second-order valence-corrected chi connectivity index (χ2v) is 3.96. The van der Waals surface area contributed by atoms with E-state index in [1.165, 1.54) is 11.1 Å². The van der Waals surface area contributed by atoms with Gasteiger partial charge in [-0.15, -0.1) is 0 Å². The summed E-state index contributed by atoms with van der Waals surface area (Å²) in [7, 11) is 0. The Morgan fingerprint density at radius 1 is 1.33 bits per heavy atom. The average molecular weight is 205 g/mol. The fourth-order valence-corrected chi connectivity index (χ4v) is 1.45. The van der Waals surface area contributed by atoms with E-state index in [9.17, 15) is 0 Å². The first-order chi connectivity index (χ1) is 7.06. The van der Waals surface area contributed by atoms with Gasteiger partial charge in [-0.25, -0.2) is 5.84 Å². The molecule has 0 aromatic heterocycles. The van der Waals surface area contributed by atoms with Gasteiger partial charge in [-0.3, -0.25) is 4.99 Å². The van der Waals surface area contributed by atoms with Crippen LogP contribution in [0.25, 0.3) is 0 Å². The van der Waals surface area contributed by atoms with Crippen LogP contribution in [0.2, 0.25) is 0 Å². The molecule has 0 bridgehead atoms. The molecule has 0 aliphatic rings. The van der Waals surface area contributed by atoms with Crippen molar-refractivity contribution in [2.75, 3.05) is 0 Å². The summed E-state index contributed by atoms with van der Waals surface area (Å²) in [6.45, 7) is 8.23. The van der Waals surface area contributed by atoms with Crippen LogP contribution in [0.3, 0.4) is 0 Å². The van der Waals surface area contributed by atoms with Gasteiger partial charge in [0.2, 0.25) is 0 Å². The fraction of sp³-hybridized carbons (Fsp3) is 0.417. The van der Waals surface area contributed by atoms with Gasteiger partial charge < -0.3 is 5.43 Å². The molecule has 3 N–H and O–H groups in total. The third kappa shape index (κ3) is 2.80. The molecule has 1 aromatic rings. The van der Waals surface area contributed by atoms with Gasteiger partial charge in [-0.2, -0.15) is 0 Å². The summed E-state index contributed by atoms with van der Waals surface area (Å²) in [5, 5.41) is 0. The first-order valence-corrected chi connectivity index (χ1v) is 5.17. The maximum absolute atomic E-state index is 5.49. The Bertz CT molecular complexity index is 367. The minimum absolute atomic E-state index is 0.232. The summed E-state index contributed by atoms with van der Waals surface area (Å²) in [4.78, 5) is 4.45. The number of amidine groups is 1. The Kier molecular flexibility index (Phi) is 3.86. The molecule has 0 saturated heterocycles. The van der Waals surface area contributed by atoms with Crippen LogP contribution in [-0.4, -0.2) is 11.9 Å². The first-order valence-electron chi connectivity index (χ1n) is 5.17. The number of hydrazine groups is 1. The van der Waals surface area contributed by atoms with Crippen LogP contribution in [0.5, 0.6) is 0 Å². The van der Waals surface area contributed by atoms with E-state index in [1.807, 2.05) is 26.0 Å². The number of hydrogen-bond donors (Lipinski definition) is 2. The summed E-state index contributed by atoms with van der Waals surface area (Å²) in [6, 6.07) is 6.37. The van der Waals surface area contributed by atoms with Gasteiger partial charge in [0.25, 0.3) is 0 Å². The molecule has 3 nitrogen and oxygen atoms in total. The predicted octanol–water partition coefficient (Wildman–Crippen LogP) is 1.92. The average Bonchev–Trinajstić information content (AvgIpc) is 2.19. The summed E-state index contributed by atoms with van der Waals surface area (Å²) in [5.41, 5.74) is 6.21. The minimum atomic E-state index is 0.232. The molecule has 1 rings (SSSR count). The zero-order valence-corrected chi connectivity index (χ0v) is 9.83. The molecule has 0 heterocycles. The number of aryl methyl sites for hydroxylation is 1. The standard InChI is InChI=1S/C12H19N3/c1-8(2)14-12(15-13)11-7-5-6-9(3)10(11)4/h5-8H,13H2,1-4H3,(H,14,15). The highest BCUT2D eigenvalue weighted by atomic mass is 15.3. The second-order valence-electron chi connectivity index (χ2n) is 3.96. The van der Waals surface area contributed by atoms with Gasteiger partial charge in [-0.1, -0.05) is 18.2 Å². The van der Waals surface area contributed by atoms with E-state index < -0.39 is 0 Å². The Labute approximate surface area is 91.4 Å². The fourth-order valence-electron chi connectivity index (χ4n) is 1.45. The van der Waals surface area contributed by atoms with E-state index in [0.29, 0.717) is 0 Å². The molecule has 0 spiro atoms. The molecular formula is C12H19N3. The molecule has 0 atom stereocenters. The summed E-state index contributed by atoms with van der Waals surface area (Å²) in [5.74, 6) is 6.25.